The van der Waals surface area contributed by atoms with E-state index in [-0.39, 0.29) is 18.2 Å². The van der Waals surface area contributed by atoms with Crippen molar-refractivity contribution in [2.24, 2.45) is 5.92 Å². The summed E-state index contributed by atoms with van der Waals surface area (Å²) in [6.07, 6.45) is -0.305. The van der Waals surface area contributed by atoms with Crippen molar-refractivity contribution in [3.63, 3.8) is 0 Å². The third-order valence-electron chi connectivity index (χ3n) is 6.86. The second-order valence-corrected chi connectivity index (χ2v) is 9.74. The second kappa shape index (κ2) is 10.0. The highest BCUT2D eigenvalue weighted by atomic mass is 19.3. The number of H-pyrrole nitrogens is 1. The molecule has 0 spiro atoms. The molecule has 1 aromatic carbocycles. The number of ether oxygens (including phenoxy) is 1. The van der Waals surface area contributed by atoms with Gasteiger partial charge in [-0.25, -0.2) is 23.1 Å². The summed E-state index contributed by atoms with van der Waals surface area (Å²) in [6.45, 7) is 3.99. The summed E-state index contributed by atoms with van der Waals surface area (Å²) in [5.74, 6) is -0.0889. The van der Waals surface area contributed by atoms with Crippen LogP contribution in [0.4, 0.5) is 13.2 Å². The summed E-state index contributed by atoms with van der Waals surface area (Å²) in [6, 6.07) is 3.90. The van der Waals surface area contributed by atoms with Gasteiger partial charge in [-0.3, -0.25) is 9.59 Å². The number of nitrogens with one attached hydrogen (secondary N) is 2. The van der Waals surface area contributed by atoms with E-state index in [1.165, 1.54) is 36.4 Å². The minimum atomic E-state index is -2.67. The third-order valence-corrected chi connectivity index (χ3v) is 6.86. The van der Waals surface area contributed by atoms with E-state index < -0.39 is 24.4 Å². The van der Waals surface area contributed by atoms with Gasteiger partial charge in [0.2, 0.25) is 0 Å². The number of halogens is 3. The van der Waals surface area contributed by atoms with E-state index in [0.717, 1.165) is 12.8 Å². The van der Waals surface area contributed by atoms with E-state index in [4.69, 9.17) is 4.74 Å². The van der Waals surface area contributed by atoms with Crippen molar-refractivity contribution < 1.29 is 27.5 Å². The Hall–Kier alpha value is -3.63. The fourth-order valence-electron chi connectivity index (χ4n) is 4.68. The molecule has 5 rings (SSSR count). The summed E-state index contributed by atoms with van der Waals surface area (Å²) in [5.41, 5.74) is 2.20. The number of fused-ring (bicyclic) bond motifs is 1. The van der Waals surface area contributed by atoms with Gasteiger partial charge in [-0.2, -0.15) is 0 Å². The molecule has 1 aliphatic heterocycles. The fourth-order valence-corrected chi connectivity index (χ4v) is 4.68. The van der Waals surface area contributed by atoms with Gasteiger partial charge < -0.3 is 19.9 Å². The molecule has 1 aliphatic carbocycles. The maximum Gasteiger partial charge on any atom is 0.263 e. The number of nitrogens with zero attached hydrogens (tertiary/aromatic N) is 3. The van der Waals surface area contributed by atoms with Crippen molar-refractivity contribution in [1.29, 1.82) is 0 Å². The van der Waals surface area contributed by atoms with Crippen molar-refractivity contribution in [3.05, 3.63) is 41.3 Å². The lowest BCUT2D eigenvalue weighted by molar-refractivity contribution is -0.134. The number of rotatable bonds is 8. The number of carbonyl (C=O) groups excluding carboxylic acids is 2. The van der Waals surface area contributed by atoms with Crippen molar-refractivity contribution >= 4 is 22.8 Å². The van der Waals surface area contributed by atoms with Crippen LogP contribution in [-0.4, -0.2) is 63.6 Å². The first-order valence-corrected chi connectivity index (χ1v) is 12.3. The van der Waals surface area contributed by atoms with Gasteiger partial charge in [0, 0.05) is 36.0 Å². The summed E-state index contributed by atoms with van der Waals surface area (Å²) >= 11 is 0. The second-order valence-electron chi connectivity index (χ2n) is 9.74. The van der Waals surface area contributed by atoms with E-state index in [1.54, 1.807) is 6.92 Å². The lowest BCUT2D eigenvalue weighted by Gasteiger charge is -2.17. The Kier molecular flexibility index (Phi) is 6.78. The number of amides is 2. The molecule has 2 fully saturated rings. The summed E-state index contributed by atoms with van der Waals surface area (Å²) < 4.78 is 46.5. The molecule has 3 aromatic rings. The average molecular weight is 516 g/mol. The molecular formula is C26H28F3N5O3. The maximum atomic E-state index is 13.5. The Labute approximate surface area is 211 Å². The Bertz CT molecular complexity index is 1340. The molecule has 2 N–H and O–H groups in total. The summed E-state index contributed by atoms with van der Waals surface area (Å²) in [7, 11) is 0. The number of aryl methyl sites for hydroxylation is 1. The van der Waals surface area contributed by atoms with Gasteiger partial charge in [-0.15, -0.1) is 0 Å². The van der Waals surface area contributed by atoms with Crippen LogP contribution in [0.15, 0.2) is 24.5 Å². The first kappa shape index (κ1) is 25.0. The Morgan fingerprint density at radius 2 is 2.00 bits per heavy atom. The molecular weight excluding hydrogens is 487 g/mol. The predicted octanol–water partition coefficient (Wildman–Crippen LogP) is 4.35. The van der Waals surface area contributed by atoms with Gasteiger partial charge >= 0.3 is 0 Å². The number of hydrogen-bond donors (Lipinski definition) is 2. The van der Waals surface area contributed by atoms with E-state index in [1.807, 2.05) is 0 Å². The number of hydrogen-bond acceptors (Lipinski definition) is 5. The van der Waals surface area contributed by atoms with Crippen LogP contribution in [-0.2, 0) is 4.79 Å². The van der Waals surface area contributed by atoms with Gasteiger partial charge in [0.25, 0.3) is 18.2 Å². The number of alkyl halides is 3. The van der Waals surface area contributed by atoms with Crippen LogP contribution in [0.2, 0.25) is 0 Å². The molecule has 2 aliphatic rings. The van der Waals surface area contributed by atoms with Crippen LogP contribution in [0.25, 0.3) is 22.3 Å². The van der Waals surface area contributed by atoms with Gasteiger partial charge in [-0.1, -0.05) is 0 Å². The molecule has 1 unspecified atom stereocenters. The zero-order valence-corrected chi connectivity index (χ0v) is 20.6. The molecule has 0 radical (unpaired) electrons. The number of carbonyl (C=O) groups is 2. The Balaban J connectivity index is 1.46. The zero-order valence-electron chi connectivity index (χ0n) is 20.6. The molecule has 37 heavy (non-hydrogen) atoms. The van der Waals surface area contributed by atoms with Crippen molar-refractivity contribution in [2.75, 3.05) is 19.7 Å². The summed E-state index contributed by atoms with van der Waals surface area (Å²) in [4.78, 5) is 38.4. The normalized spacial score (nSPS) is 18.4. The van der Waals surface area contributed by atoms with Crippen LogP contribution in [0.3, 0.4) is 0 Å². The first-order chi connectivity index (χ1) is 17.7. The van der Waals surface area contributed by atoms with E-state index >= 15 is 0 Å². The highest BCUT2D eigenvalue weighted by Crippen LogP contribution is 2.38. The molecule has 2 atom stereocenters. The minimum Gasteiger partial charge on any atom is -0.493 e. The van der Waals surface area contributed by atoms with Gasteiger partial charge in [0.1, 0.15) is 23.3 Å². The lowest BCUT2D eigenvalue weighted by Crippen LogP contribution is -2.40. The highest BCUT2D eigenvalue weighted by Gasteiger charge is 2.31. The zero-order chi connectivity index (χ0) is 26.3. The molecule has 11 heteroatoms. The molecule has 2 aromatic heterocycles. The molecule has 8 nitrogen and oxygen atoms in total. The maximum absolute atomic E-state index is 13.5. The van der Waals surface area contributed by atoms with Crippen LogP contribution in [0.5, 0.6) is 5.75 Å². The largest absolute Gasteiger partial charge is 0.493 e. The number of aromatic nitrogens is 3. The van der Waals surface area contributed by atoms with E-state index in [9.17, 15) is 22.8 Å². The first-order valence-electron chi connectivity index (χ1n) is 12.3. The quantitative estimate of drug-likeness (QED) is 0.465. The third kappa shape index (κ3) is 5.12. The molecule has 1 saturated heterocycles. The fraction of sp³-hybridized carbons (Fsp3) is 0.462. The van der Waals surface area contributed by atoms with Gasteiger partial charge in [0.15, 0.2) is 6.17 Å². The number of likely N-dealkylation sites (tertiary alicyclic amines) is 1. The Morgan fingerprint density at radius 1 is 1.22 bits per heavy atom. The average Bonchev–Trinajstić information content (AvgIpc) is 3.47. The lowest BCUT2D eigenvalue weighted by atomic mass is 10.0. The number of benzene rings is 1. The van der Waals surface area contributed by atoms with E-state index in [0.29, 0.717) is 64.8 Å². The van der Waals surface area contributed by atoms with Crippen LogP contribution in [0.1, 0.15) is 54.2 Å². The Morgan fingerprint density at radius 3 is 2.70 bits per heavy atom. The van der Waals surface area contributed by atoms with Crippen LogP contribution in [0, 0.1) is 12.8 Å². The monoisotopic (exact) mass is 515 g/mol. The predicted molar refractivity (Wildman–Crippen MR) is 130 cm³/mol. The van der Waals surface area contributed by atoms with Crippen LogP contribution >= 0.6 is 0 Å². The van der Waals surface area contributed by atoms with Crippen LogP contribution < -0.4 is 10.1 Å². The van der Waals surface area contributed by atoms with E-state index in [2.05, 4.69) is 20.3 Å². The van der Waals surface area contributed by atoms with Crippen molar-refractivity contribution in [3.8, 4) is 17.0 Å². The van der Waals surface area contributed by atoms with Gasteiger partial charge in [-0.05, 0) is 57.2 Å². The van der Waals surface area contributed by atoms with Gasteiger partial charge in [0.05, 0.1) is 17.7 Å². The smallest absolute Gasteiger partial charge is 0.263 e. The standard InChI is InChI=1S/C26H28F3N5O3/c1-13(27)26(36)34-8-7-17(10-34)33-25(35)20-14(2)32-23-21(30-12-31-22(20)23)18-9-16(24(28)29)5-6-19(18)37-11-15-3-4-15/h5-6,9,12-13,15,17,24,32H,3-4,7-8,10-11H2,1-2H3,(H,33,35)/t13?,17-/m1/s1. The minimum absolute atomic E-state index is 0.162. The molecule has 0 bridgehead atoms. The number of aromatic amines is 1. The molecule has 196 valence electrons. The van der Waals surface area contributed by atoms with Crippen molar-refractivity contribution in [1.82, 2.24) is 25.2 Å². The SMILES string of the molecule is Cc1[nH]c2c(-c3cc(C(F)F)ccc3OCC3CC3)ncnc2c1C(=O)N[C@@H]1CCN(C(=O)C(C)F)C1. The molecule has 3 heterocycles. The molecule has 2 amide bonds. The highest BCUT2D eigenvalue weighted by molar-refractivity contribution is 6.09. The summed E-state index contributed by atoms with van der Waals surface area (Å²) in [5, 5.41) is 2.91. The van der Waals surface area contributed by atoms with Crippen molar-refractivity contribution in [2.45, 2.75) is 51.7 Å². The topological polar surface area (TPSA) is 100 Å². The molecule has 1 saturated carbocycles.